The van der Waals surface area contributed by atoms with Crippen LogP contribution in [0.3, 0.4) is 0 Å². The second-order valence-corrected chi connectivity index (χ2v) is 14.2. The highest BCUT2D eigenvalue weighted by atomic mass is 79.9. The second-order valence-electron chi connectivity index (χ2n) is 11.6. The van der Waals surface area contributed by atoms with Gasteiger partial charge in [-0.3, -0.25) is 29.0 Å². The number of phenolic OH excluding ortho intramolecular Hbond substituents is 1. The molecule has 2 aliphatic heterocycles. The van der Waals surface area contributed by atoms with Crippen molar-refractivity contribution in [2.45, 2.75) is 18.8 Å². The van der Waals surface area contributed by atoms with Gasteiger partial charge in [0, 0.05) is 14.9 Å². The number of aromatic hydroxyl groups is 1. The molecule has 11 heteroatoms. The van der Waals surface area contributed by atoms with Crippen molar-refractivity contribution >= 4 is 82.8 Å². The molecule has 1 saturated carbocycles. The predicted octanol–water partition coefficient (Wildman–Crippen LogP) is 6.73. The third kappa shape index (κ3) is 4.41. The monoisotopic (exact) mass is 782 g/mol. The molecule has 0 bridgehead atoms. The normalized spacial score (nSPS) is 27.7. The molecule has 0 radical (unpaired) electrons. The van der Waals surface area contributed by atoms with Crippen molar-refractivity contribution < 1.29 is 29.0 Å². The zero-order valence-electron chi connectivity index (χ0n) is 23.2. The second kappa shape index (κ2) is 11.0. The fourth-order valence-corrected chi connectivity index (χ4v) is 8.57. The van der Waals surface area contributed by atoms with Gasteiger partial charge in [0.15, 0.2) is 11.5 Å². The van der Waals surface area contributed by atoms with Crippen molar-refractivity contribution in [1.82, 2.24) is 0 Å². The van der Waals surface area contributed by atoms with Gasteiger partial charge in [-0.2, -0.15) is 0 Å². The van der Waals surface area contributed by atoms with Gasteiger partial charge in [-0.05, 0) is 101 Å². The predicted molar refractivity (Wildman–Crippen MR) is 173 cm³/mol. The highest BCUT2D eigenvalue weighted by Gasteiger charge is 2.62. The van der Waals surface area contributed by atoms with E-state index in [2.05, 4.69) is 47.8 Å². The molecule has 2 heterocycles. The number of imide groups is 2. The molecule has 0 unspecified atom stereocenters. The van der Waals surface area contributed by atoms with Crippen molar-refractivity contribution in [3.8, 4) is 11.5 Å². The Labute approximate surface area is 278 Å². The SMILES string of the molecule is COc1cc([C@H]2C3=CC[C@@H]4C(=O)N(c5ccc(Br)cc5)C(=O)[C@@H]4[C@@H]3C[C@H]3C(=O)N(c4ccc(Br)cc4)C(=O)[C@@H]23)cc(Br)c1O. The first-order valence-corrected chi connectivity index (χ1v) is 16.5. The molecule has 3 aromatic carbocycles. The van der Waals surface area contributed by atoms with Crippen LogP contribution in [-0.2, 0) is 19.2 Å². The summed E-state index contributed by atoms with van der Waals surface area (Å²) in [5.41, 5.74) is 2.52. The van der Waals surface area contributed by atoms with Crippen LogP contribution in [0, 0.1) is 29.6 Å². The Bertz CT molecular complexity index is 1770. The molecule has 1 N–H and O–H groups in total. The lowest BCUT2D eigenvalue weighted by Gasteiger charge is -2.44. The van der Waals surface area contributed by atoms with Gasteiger partial charge in [0.1, 0.15) is 0 Å². The van der Waals surface area contributed by atoms with E-state index >= 15 is 0 Å². The van der Waals surface area contributed by atoms with E-state index in [9.17, 15) is 24.3 Å². The van der Waals surface area contributed by atoms with Gasteiger partial charge < -0.3 is 9.84 Å². The molecule has 6 atom stereocenters. The number of carbonyl (C=O) groups excluding carboxylic acids is 4. The van der Waals surface area contributed by atoms with Gasteiger partial charge in [-0.15, -0.1) is 0 Å². The summed E-state index contributed by atoms with van der Waals surface area (Å²) in [4.78, 5) is 58.7. The van der Waals surface area contributed by atoms with Gasteiger partial charge in [0.05, 0.1) is 46.6 Å². The third-order valence-electron chi connectivity index (χ3n) is 9.45. The van der Waals surface area contributed by atoms with Gasteiger partial charge in [-0.25, -0.2) is 0 Å². The first kappa shape index (κ1) is 29.4. The molecule has 0 aromatic heterocycles. The Morgan fingerprint density at radius 1 is 0.727 bits per heavy atom. The molecule has 3 fully saturated rings. The van der Waals surface area contributed by atoms with E-state index in [1.54, 1.807) is 60.7 Å². The van der Waals surface area contributed by atoms with Gasteiger partial charge in [0.2, 0.25) is 23.6 Å². The number of ether oxygens (including phenoxy) is 1. The summed E-state index contributed by atoms with van der Waals surface area (Å²) in [6.07, 6.45) is 2.61. The molecule has 44 heavy (non-hydrogen) atoms. The lowest BCUT2D eigenvalue weighted by molar-refractivity contribution is -0.126. The number of hydrogen-bond donors (Lipinski definition) is 1. The summed E-state index contributed by atoms with van der Waals surface area (Å²) in [6.45, 7) is 0. The number of hydrogen-bond acceptors (Lipinski definition) is 6. The van der Waals surface area contributed by atoms with Crippen molar-refractivity contribution in [2.24, 2.45) is 29.6 Å². The number of phenols is 1. The number of halogens is 3. The van der Waals surface area contributed by atoms with Crippen LogP contribution in [0.25, 0.3) is 0 Å². The smallest absolute Gasteiger partial charge is 0.238 e. The summed E-state index contributed by atoms with van der Waals surface area (Å²) in [5, 5.41) is 10.6. The maximum atomic E-state index is 14.2. The number of methoxy groups -OCH3 is 1. The largest absolute Gasteiger partial charge is 0.503 e. The molecule has 3 aromatic rings. The van der Waals surface area contributed by atoms with Crippen LogP contribution in [0.2, 0.25) is 0 Å². The van der Waals surface area contributed by atoms with Crippen LogP contribution in [0.5, 0.6) is 11.5 Å². The fourth-order valence-electron chi connectivity index (χ4n) is 7.58. The molecule has 224 valence electrons. The van der Waals surface area contributed by atoms with E-state index in [1.807, 2.05) is 6.08 Å². The number of benzene rings is 3. The van der Waals surface area contributed by atoms with Gasteiger partial charge >= 0.3 is 0 Å². The highest BCUT2D eigenvalue weighted by Crippen LogP contribution is 2.59. The summed E-state index contributed by atoms with van der Waals surface area (Å²) in [5.74, 6) is -4.72. The van der Waals surface area contributed by atoms with Crippen LogP contribution in [-0.4, -0.2) is 35.8 Å². The topological polar surface area (TPSA) is 104 Å². The van der Waals surface area contributed by atoms with Crippen molar-refractivity contribution in [3.63, 3.8) is 0 Å². The molecule has 4 aliphatic rings. The zero-order chi connectivity index (χ0) is 31.0. The molecule has 2 aliphatic carbocycles. The van der Waals surface area contributed by atoms with E-state index in [4.69, 9.17) is 4.74 Å². The Balaban J connectivity index is 1.35. The fraction of sp³-hybridized carbons (Fsp3) is 0.273. The first-order valence-electron chi connectivity index (χ1n) is 14.1. The molecule has 8 nitrogen and oxygen atoms in total. The van der Waals surface area contributed by atoms with E-state index < -0.39 is 35.5 Å². The van der Waals surface area contributed by atoms with Crippen LogP contribution in [0.15, 0.2) is 85.7 Å². The number of carbonyl (C=O) groups is 4. The van der Waals surface area contributed by atoms with Crippen LogP contribution >= 0.6 is 47.8 Å². The summed E-state index contributed by atoms with van der Waals surface area (Å²) < 4.78 is 7.49. The minimum absolute atomic E-state index is 0.0788. The first-order chi connectivity index (χ1) is 21.1. The maximum Gasteiger partial charge on any atom is 0.238 e. The maximum absolute atomic E-state index is 14.2. The Hall–Kier alpha value is -3.28. The Morgan fingerprint density at radius 2 is 1.27 bits per heavy atom. The molecular formula is C33H25Br3N2O6. The lowest BCUT2D eigenvalue weighted by atomic mass is 9.57. The molecular weight excluding hydrogens is 760 g/mol. The number of rotatable bonds is 4. The van der Waals surface area contributed by atoms with Crippen molar-refractivity contribution in [2.75, 3.05) is 16.9 Å². The molecule has 2 saturated heterocycles. The summed E-state index contributed by atoms with van der Waals surface area (Å²) in [7, 11) is 1.45. The summed E-state index contributed by atoms with van der Waals surface area (Å²) >= 11 is 10.3. The van der Waals surface area contributed by atoms with Crippen molar-refractivity contribution in [3.05, 3.63) is 91.3 Å². The number of nitrogens with zero attached hydrogens (tertiary/aromatic N) is 2. The Kier molecular flexibility index (Phi) is 7.33. The zero-order valence-corrected chi connectivity index (χ0v) is 28.0. The number of fused-ring (bicyclic) bond motifs is 4. The van der Waals surface area contributed by atoms with Gasteiger partial charge in [0.25, 0.3) is 0 Å². The average molecular weight is 785 g/mol. The molecule has 7 rings (SSSR count). The quantitative estimate of drug-likeness (QED) is 0.233. The minimum Gasteiger partial charge on any atom is -0.503 e. The third-order valence-corrected chi connectivity index (χ3v) is 11.1. The number of anilines is 2. The van der Waals surface area contributed by atoms with E-state index in [0.29, 0.717) is 27.8 Å². The highest BCUT2D eigenvalue weighted by molar-refractivity contribution is 9.11. The number of allylic oxidation sites excluding steroid dienone is 2. The van der Waals surface area contributed by atoms with Crippen LogP contribution in [0.4, 0.5) is 11.4 Å². The molecule has 0 spiro atoms. The number of amides is 4. The van der Waals surface area contributed by atoms with E-state index in [-0.39, 0.29) is 41.5 Å². The summed E-state index contributed by atoms with van der Waals surface area (Å²) in [6, 6.07) is 17.5. The Morgan fingerprint density at radius 3 is 1.84 bits per heavy atom. The van der Waals surface area contributed by atoms with E-state index in [1.165, 1.54) is 16.9 Å². The minimum atomic E-state index is -0.735. The standard InChI is InChI=1S/C33H25Br3N2O6/c1-44-25-13-15(12-24(36)29(25)39)26-20-10-11-21-27(32(42)37(30(21)40)18-6-2-16(34)3-7-18)22(20)14-23-28(26)33(43)38(31(23)41)19-8-4-17(35)5-9-19/h2-10,12-13,21-23,26-28,39H,11,14H2,1H3/t21-,22+,23+,26-,27-,28+/m0/s1. The van der Waals surface area contributed by atoms with Gasteiger partial charge in [-0.1, -0.05) is 43.5 Å². The van der Waals surface area contributed by atoms with Crippen LogP contribution < -0.4 is 14.5 Å². The lowest BCUT2D eigenvalue weighted by Crippen LogP contribution is -2.43. The average Bonchev–Trinajstić information content (AvgIpc) is 3.42. The van der Waals surface area contributed by atoms with Crippen molar-refractivity contribution in [1.29, 1.82) is 0 Å². The van der Waals surface area contributed by atoms with Crippen LogP contribution in [0.1, 0.15) is 24.3 Å². The van der Waals surface area contributed by atoms with E-state index in [0.717, 1.165) is 14.5 Å². The molecule has 4 amide bonds.